The Morgan fingerprint density at radius 2 is 2.29 bits per heavy atom. The Hall–Kier alpha value is -1.38. The summed E-state index contributed by atoms with van der Waals surface area (Å²) in [5.74, 6) is 0.122. The van der Waals surface area contributed by atoms with E-state index in [0.717, 1.165) is 5.56 Å². The topological polar surface area (TPSA) is 26.3 Å². The molecule has 1 aliphatic heterocycles. The van der Waals surface area contributed by atoms with E-state index in [1.165, 1.54) is 12.1 Å². The highest BCUT2D eigenvalue weighted by molar-refractivity contribution is 6.01. The molecule has 0 aliphatic carbocycles. The van der Waals surface area contributed by atoms with Crippen molar-refractivity contribution in [2.75, 3.05) is 6.61 Å². The summed E-state index contributed by atoms with van der Waals surface area (Å²) in [5, 5.41) is 0. The molecular formula is C11H11FO2. The zero-order valence-electron chi connectivity index (χ0n) is 7.97. The molecule has 1 aromatic rings. The Balaban J connectivity index is 2.61. The van der Waals surface area contributed by atoms with Crippen LogP contribution in [0.15, 0.2) is 12.1 Å². The van der Waals surface area contributed by atoms with Gasteiger partial charge in [0.15, 0.2) is 5.78 Å². The van der Waals surface area contributed by atoms with Crippen molar-refractivity contribution in [3.05, 3.63) is 29.1 Å². The number of halogens is 1. The highest BCUT2D eigenvalue weighted by Gasteiger charge is 2.22. The Morgan fingerprint density at radius 1 is 1.50 bits per heavy atom. The van der Waals surface area contributed by atoms with Crippen molar-refractivity contribution >= 4 is 5.78 Å². The van der Waals surface area contributed by atoms with Gasteiger partial charge in [0.05, 0.1) is 12.2 Å². The van der Waals surface area contributed by atoms with E-state index in [9.17, 15) is 9.18 Å². The van der Waals surface area contributed by atoms with E-state index in [2.05, 4.69) is 0 Å². The summed E-state index contributed by atoms with van der Waals surface area (Å²) < 4.78 is 18.3. The minimum atomic E-state index is -0.338. The number of benzene rings is 1. The fraction of sp³-hybridized carbons (Fsp3) is 0.364. The molecule has 0 saturated heterocycles. The number of aryl methyl sites for hydroxylation is 1. The van der Waals surface area contributed by atoms with Crippen LogP contribution in [0.3, 0.4) is 0 Å². The largest absolute Gasteiger partial charge is 0.492 e. The van der Waals surface area contributed by atoms with Crippen LogP contribution in [0.1, 0.15) is 29.3 Å². The van der Waals surface area contributed by atoms with Crippen molar-refractivity contribution in [1.82, 2.24) is 0 Å². The molecule has 0 spiro atoms. The number of fused-ring (bicyclic) bond motifs is 1. The van der Waals surface area contributed by atoms with E-state index in [0.29, 0.717) is 30.8 Å². The normalized spacial score (nSPS) is 14.9. The lowest BCUT2D eigenvalue weighted by Gasteiger charge is -2.18. The summed E-state index contributed by atoms with van der Waals surface area (Å²) in [6.45, 7) is 2.26. The average Bonchev–Trinajstić information content (AvgIpc) is 2.16. The van der Waals surface area contributed by atoms with E-state index in [1.807, 2.05) is 6.92 Å². The van der Waals surface area contributed by atoms with Crippen LogP contribution < -0.4 is 4.74 Å². The summed E-state index contributed by atoms with van der Waals surface area (Å²) in [5.41, 5.74) is 1.31. The van der Waals surface area contributed by atoms with E-state index < -0.39 is 0 Å². The predicted octanol–water partition coefficient (Wildman–Crippen LogP) is 2.35. The van der Waals surface area contributed by atoms with Gasteiger partial charge in [-0.1, -0.05) is 6.92 Å². The second-order valence-electron chi connectivity index (χ2n) is 3.31. The molecule has 74 valence electrons. The monoisotopic (exact) mass is 194 g/mol. The van der Waals surface area contributed by atoms with E-state index >= 15 is 0 Å². The molecule has 0 saturated carbocycles. The second kappa shape index (κ2) is 3.40. The molecule has 0 radical (unpaired) electrons. The van der Waals surface area contributed by atoms with Crippen molar-refractivity contribution < 1.29 is 13.9 Å². The maximum atomic E-state index is 13.1. The number of carbonyl (C=O) groups excluding carboxylic acids is 1. The SMILES string of the molecule is CCc1cc(F)cc2c1C(=O)CCO2. The van der Waals surface area contributed by atoms with Crippen LogP contribution in [0.25, 0.3) is 0 Å². The van der Waals surface area contributed by atoms with E-state index in [1.54, 1.807) is 0 Å². The fourth-order valence-corrected chi connectivity index (χ4v) is 1.72. The molecule has 0 unspecified atom stereocenters. The van der Waals surface area contributed by atoms with Gasteiger partial charge >= 0.3 is 0 Å². The van der Waals surface area contributed by atoms with Crippen molar-refractivity contribution in [2.45, 2.75) is 19.8 Å². The first kappa shape index (κ1) is 9.19. The van der Waals surface area contributed by atoms with Gasteiger partial charge in [-0.25, -0.2) is 4.39 Å². The minimum Gasteiger partial charge on any atom is -0.492 e. The van der Waals surface area contributed by atoms with Crippen LogP contribution in [0.4, 0.5) is 4.39 Å². The standard InChI is InChI=1S/C11H11FO2/c1-2-7-5-8(12)6-10-11(7)9(13)3-4-14-10/h5-6H,2-4H2,1H3. The van der Waals surface area contributed by atoms with E-state index in [4.69, 9.17) is 4.74 Å². The molecule has 0 bridgehead atoms. The predicted molar refractivity (Wildman–Crippen MR) is 50.2 cm³/mol. The maximum absolute atomic E-state index is 13.1. The van der Waals surface area contributed by atoms with Crippen LogP contribution >= 0.6 is 0 Å². The molecule has 3 heteroatoms. The van der Waals surface area contributed by atoms with Crippen molar-refractivity contribution in [3.63, 3.8) is 0 Å². The number of hydrogen-bond donors (Lipinski definition) is 0. The highest BCUT2D eigenvalue weighted by atomic mass is 19.1. The van der Waals surface area contributed by atoms with Crippen LogP contribution in [-0.4, -0.2) is 12.4 Å². The van der Waals surface area contributed by atoms with Crippen LogP contribution in [-0.2, 0) is 6.42 Å². The summed E-state index contributed by atoms with van der Waals surface area (Å²) in [4.78, 5) is 11.6. The molecule has 0 amide bonds. The van der Waals surface area contributed by atoms with Gasteiger partial charge in [0.25, 0.3) is 0 Å². The first-order valence-corrected chi connectivity index (χ1v) is 4.70. The van der Waals surface area contributed by atoms with Gasteiger partial charge in [0.2, 0.25) is 0 Å². The van der Waals surface area contributed by atoms with Crippen molar-refractivity contribution in [2.24, 2.45) is 0 Å². The van der Waals surface area contributed by atoms with Gasteiger partial charge in [-0.2, -0.15) is 0 Å². The Morgan fingerprint density at radius 3 is 3.00 bits per heavy atom. The molecule has 14 heavy (non-hydrogen) atoms. The molecule has 1 aromatic carbocycles. The quantitative estimate of drug-likeness (QED) is 0.686. The first-order valence-electron chi connectivity index (χ1n) is 4.70. The Labute approximate surface area is 81.7 Å². The highest BCUT2D eigenvalue weighted by Crippen LogP contribution is 2.29. The Bertz CT molecular complexity index is 368. The van der Waals surface area contributed by atoms with Gasteiger partial charge in [-0.05, 0) is 18.1 Å². The second-order valence-corrected chi connectivity index (χ2v) is 3.31. The molecule has 1 heterocycles. The van der Waals surface area contributed by atoms with Crippen LogP contribution in [0.2, 0.25) is 0 Å². The summed E-state index contributed by atoms with van der Waals surface area (Å²) in [6.07, 6.45) is 1.04. The van der Waals surface area contributed by atoms with Gasteiger partial charge < -0.3 is 4.74 Å². The zero-order chi connectivity index (χ0) is 10.1. The summed E-state index contributed by atoms with van der Waals surface area (Å²) >= 11 is 0. The average molecular weight is 194 g/mol. The van der Waals surface area contributed by atoms with E-state index in [-0.39, 0.29) is 11.6 Å². The number of rotatable bonds is 1. The van der Waals surface area contributed by atoms with Gasteiger partial charge in [0.1, 0.15) is 11.6 Å². The number of ether oxygens (including phenoxy) is 1. The number of ketones is 1. The molecule has 0 fully saturated rings. The maximum Gasteiger partial charge on any atom is 0.170 e. The zero-order valence-corrected chi connectivity index (χ0v) is 7.97. The molecule has 0 N–H and O–H groups in total. The number of carbonyl (C=O) groups is 1. The molecule has 2 rings (SSSR count). The summed E-state index contributed by atoms with van der Waals surface area (Å²) in [6, 6.07) is 2.69. The Kier molecular flexibility index (Phi) is 2.23. The molecule has 0 atom stereocenters. The van der Waals surface area contributed by atoms with Gasteiger partial charge in [0, 0.05) is 12.5 Å². The van der Waals surface area contributed by atoms with Crippen molar-refractivity contribution in [1.29, 1.82) is 0 Å². The van der Waals surface area contributed by atoms with Gasteiger partial charge in [-0.3, -0.25) is 4.79 Å². The molecule has 2 nitrogen and oxygen atoms in total. The van der Waals surface area contributed by atoms with Crippen LogP contribution in [0, 0.1) is 5.82 Å². The summed E-state index contributed by atoms with van der Waals surface area (Å²) in [7, 11) is 0. The fourth-order valence-electron chi connectivity index (χ4n) is 1.72. The number of Topliss-reactive ketones (excluding diaryl/α,β-unsaturated/α-hetero) is 1. The molecule has 1 aliphatic rings. The lowest BCUT2D eigenvalue weighted by Crippen LogP contribution is -2.17. The lowest BCUT2D eigenvalue weighted by molar-refractivity contribution is 0.0932. The molecule has 0 aromatic heterocycles. The number of hydrogen-bond acceptors (Lipinski definition) is 2. The third-order valence-corrected chi connectivity index (χ3v) is 2.40. The molecular weight excluding hydrogens is 183 g/mol. The van der Waals surface area contributed by atoms with Crippen LogP contribution in [0.5, 0.6) is 5.75 Å². The third-order valence-electron chi connectivity index (χ3n) is 2.40. The smallest absolute Gasteiger partial charge is 0.170 e. The van der Waals surface area contributed by atoms with Gasteiger partial charge in [-0.15, -0.1) is 0 Å². The first-order chi connectivity index (χ1) is 6.72. The van der Waals surface area contributed by atoms with Crippen molar-refractivity contribution in [3.8, 4) is 5.75 Å². The lowest BCUT2D eigenvalue weighted by atomic mass is 9.97. The minimum absolute atomic E-state index is 0.0584. The third kappa shape index (κ3) is 1.39.